The van der Waals surface area contributed by atoms with Crippen molar-refractivity contribution in [1.29, 1.82) is 0 Å². The van der Waals surface area contributed by atoms with E-state index in [9.17, 15) is 4.79 Å². The Balaban J connectivity index is 1.79. The number of nitrogens with one attached hydrogen (secondary N) is 1. The first-order chi connectivity index (χ1) is 11.8. The molecule has 0 spiro atoms. The number of esters is 1. The SMILES string of the molecule is CCOC(=O)c1cccc(-n2nncc2CN2CCCNCC2)c1. The molecule has 1 aliphatic rings. The van der Waals surface area contributed by atoms with Crippen molar-refractivity contribution >= 4 is 5.97 Å². The Morgan fingerprint density at radius 2 is 2.25 bits per heavy atom. The molecule has 1 aliphatic heterocycles. The van der Waals surface area contributed by atoms with E-state index < -0.39 is 0 Å². The summed E-state index contributed by atoms with van der Waals surface area (Å²) >= 11 is 0. The molecule has 0 aliphatic carbocycles. The predicted octanol–water partition coefficient (Wildman–Crippen LogP) is 1.24. The Morgan fingerprint density at radius 3 is 3.12 bits per heavy atom. The minimum atomic E-state index is -0.320. The van der Waals surface area contributed by atoms with Crippen molar-refractivity contribution in [3.63, 3.8) is 0 Å². The molecule has 24 heavy (non-hydrogen) atoms. The lowest BCUT2D eigenvalue weighted by molar-refractivity contribution is 0.0526. The van der Waals surface area contributed by atoms with E-state index in [1.54, 1.807) is 29.9 Å². The molecule has 7 heteroatoms. The van der Waals surface area contributed by atoms with Crippen molar-refractivity contribution in [3.05, 3.63) is 41.7 Å². The summed E-state index contributed by atoms with van der Waals surface area (Å²) in [6.07, 6.45) is 2.93. The first kappa shape index (κ1) is 16.6. The maximum absolute atomic E-state index is 11.9. The molecular weight excluding hydrogens is 306 g/mol. The summed E-state index contributed by atoms with van der Waals surface area (Å²) in [6, 6.07) is 7.30. The zero-order valence-electron chi connectivity index (χ0n) is 13.9. The molecule has 2 heterocycles. The minimum Gasteiger partial charge on any atom is -0.462 e. The van der Waals surface area contributed by atoms with Crippen LogP contribution in [0.5, 0.6) is 0 Å². The van der Waals surface area contributed by atoms with E-state index in [2.05, 4.69) is 20.5 Å². The third kappa shape index (κ3) is 3.98. The van der Waals surface area contributed by atoms with Gasteiger partial charge in [-0.25, -0.2) is 9.48 Å². The van der Waals surface area contributed by atoms with Gasteiger partial charge in [0, 0.05) is 19.6 Å². The number of carbonyl (C=O) groups excluding carboxylic acids is 1. The molecule has 0 saturated carbocycles. The number of benzene rings is 1. The molecule has 0 amide bonds. The number of aromatic nitrogens is 3. The summed E-state index contributed by atoms with van der Waals surface area (Å²) in [7, 11) is 0. The van der Waals surface area contributed by atoms with Crippen molar-refractivity contribution < 1.29 is 9.53 Å². The fourth-order valence-corrected chi connectivity index (χ4v) is 2.85. The molecular formula is C17H23N5O2. The van der Waals surface area contributed by atoms with Gasteiger partial charge >= 0.3 is 5.97 Å². The highest BCUT2D eigenvalue weighted by Gasteiger charge is 2.15. The van der Waals surface area contributed by atoms with E-state index in [0.717, 1.165) is 50.5 Å². The van der Waals surface area contributed by atoms with Crippen molar-refractivity contribution in [2.45, 2.75) is 19.9 Å². The van der Waals surface area contributed by atoms with Crippen molar-refractivity contribution in [2.24, 2.45) is 0 Å². The molecule has 2 aromatic rings. The molecule has 0 radical (unpaired) electrons. The average Bonchev–Trinajstić information content (AvgIpc) is 2.90. The lowest BCUT2D eigenvalue weighted by Gasteiger charge is -2.19. The molecule has 1 saturated heterocycles. The van der Waals surface area contributed by atoms with Crippen LogP contribution in [0.1, 0.15) is 29.4 Å². The van der Waals surface area contributed by atoms with Crippen LogP contribution in [0, 0.1) is 0 Å². The van der Waals surface area contributed by atoms with Gasteiger partial charge in [-0.1, -0.05) is 11.3 Å². The third-order valence-electron chi connectivity index (χ3n) is 4.04. The number of nitrogens with zero attached hydrogens (tertiary/aromatic N) is 4. The molecule has 0 atom stereocenters. The molecule has 1 aromatic carbocycles. The van der Waals surface area contributed by atoms with E-state index in [4.69, 9.17) is 4.74 Å². The number of ether oxygens (including phenoxy) is 1. The van der Waals surface area contributed by atoms with Crippen LogP contribution in [0.15, 0.2) is 30.5 Å². The van der Waals surface area contributed by atoms with Crippen LogP contribution in [-0.2, 0) is 11.3 Å². The monoisotopic (exact) mass is 329 g/mol. The Labute approximate surface area is 141 Å². The topological polar surface area (TPSA) is 72.3 Å². The van der Waals surface area contributed by atoms with Gasteiger partial charge in [0.25, 0.3) is 0 Å². The van der Waals surface area contributed by atoms with Crippen LogP contribution in [0.4, 0.5) is 0 Å². The Morgan fingerprint density at radius 1 is 1.33 bits per heavy atom. The molecule has 128 valence electrons. The smallest absolute Gasteiger partial charge is 0.338 e. The maximum Gasteiger partial charge on any atom is 0.338 e. The summed E-state index contributed by atoms with van der Waals surface area (Å²) in [5, 5.41) is 11.7. The second kappa shape index (κ2) is 8.03. The first-order valence-electron chi connectivity index (χ1n) is 8.38. The van der Waals surface area contributed by atoms with Gasteiger partial charge in [-0.2, -0.15) is 0 Å². The van der Waals surface area contributed by atoms with E-state index in [1.807, 2.05) is 12.1 Å². The number of carbonyl (C=O) groups is 1. The van der Waals surface area contributed by atoms with E-state index in [1.165, 1.54) is 0 Å². The van der Waals surface area contributed by atoms with Gasteiger partial charge in [0.15, 0.2) is 0 Å². The molecule has 3 rings (SSSR count). The zero-order chi connectivity index (χ0) is 16.8. The second-order valence-corrected chi connectivity index (χ2v) is 5.79. The van der Waals surface area contributed by atoms with Crippen LogP contribution in [0.2, 0.25) is 0 Å². The molecule has 1 fully saturated rings. The Kier molecular flexibility index (Phi) is 5.55. The molecule has 1 N–H and O–H groups in total. The van der Waals surface area contributed by atoms with Gasteiger partial charge < -0.3 is 10.1 Å². The first-order valence-corrected chi connectivity index (χ1v) is 8.38. The lowest BCUT2D eigenvalue weighted by atomic mass is 10.2. The maximum atomic E-state index is 11.9. The van der Waals surface area contributed by atoms with Crippen LogP contribution < -0.4 is 5.32 Å². The predicted molar refractivity (Wildman–Crippen MR) is 90.1 cm³/mol. The van der Waals surface area contributed by atoms with Crippen LogP contribution in [0.3, 0.4) is 0 Å². The van der Waals surface area contributed by atoms with Crippen molar-refractivity contribution in [2.75, 3.05) is 32.8 Å². The Bertz CT molecular complexity index is 677. The third-order valence-corrected chi connectivity index (χ3v) is 4.04. The average molecular weight is 329 g/mol. The van der Waals surface area contributed by atoms with Crippen molar-refractivity contribution in [3.8, 4) is 5.69 Å². The largest absolute Gasteiger partial charge is 0.462 e. The van der Waals surface area contributed by atoms with Gasteiger partial charge in [0.1, 0.15) is 0 Å². The second-order valence-electron chi connectivity index (χ2n) is 5.79. The van der Waals surface area contributed by atoms with Gasteiger partial charge in [-0.15, -0.1) is 5.10 Å². The molecule has 7 nitrogen and oxygen atoms in total. The number of hydrogen-bond donors (Lipinski definition) is 1. The van der Waals surface area contributed by atoms with E-state index in [-0.39, 0.29) is 5.97 Å². The van der Waals surface area contributed by atoms with E-state index >= 15 is 0 Å². The highest BCUT2D eigenvalue weighted by molar-refractivity contribution is 5.90. The van der Waals surface area contributed by atoms with Crippen LogP contribution >= 0.6 is 0 Å². The summed E-state index contributed by atoms with van der Waals surface area (Å²) in [5.41, 5.74) is 2.36. The summed E-state index contributed by atoms with van der Waals surface area (Å²) in [6.45, 7) is 7.08. The molecule has 1 aromatic heterocycles. The summed E-state index contributed by atoms with van der Waals surface area (Å²) in [5.74, 6) is -0.320. The van der Waals surface area contributed by atoms with Crippen LogP contribution in [0.25, 0.3) is 5.69 Å². The molecule has 0 unspecified atom stereocenters. The zero-order valence-corrected chi connectivity index (χ0v) is 13.9. The fourth-order valence-electron chi connectivity index (χ4n) is 2.85. The Hall–Kier alpha value is -2.25. The minimum absolute atomic E-state index is 0.320. The normalized spacial score (nSPS) is 15.9. The van der Waals surface area contributed by atoms with Gasteiger partial charge in [0.05, 0.1) is 29.7 Å². The van der Waals surface area contributed by atoms with Crippen LogP contribution in [-0.4, -0.2) is 58.6 Å². The lowest BCUT2D eigenvalue weighted by Crippen LogP contribution is -2.28. The standard InChI is InChI=1S/C17H23N5O2/c1-2-24-17(23)14-5-3-6-15(11-14)22-16(12-19-20-22)13-21-9-4-7-18-8-10-21/h3,5-6,11-12,18H,2,4,7-10,13H2,1H3. The van der Waals surface area contributed by atoms with Gasteiger partial charge in [0.2, 0.25) is 0 Å². The van der Waals surface area contributed by atoms with Crippen molar-refractivity contribution in [1.82, 2.24) is 25.2 Å². The highest BCUT2D eigenvalue weighted by Crippen LogP contribution is 2.14. The fraction of sp³-hybridized carbons (Fsp3) is 0.471. The van der Waals surface area contributed by atoms with Gasteiger partial charge in [-0.05, 0) is 44.6 Å². The number of hydrogen-bond acceptors (Lipinski definition) is 6. The quantitative estimate of drug-likeness (QED) is 0.832. The summed E-state index contributed by atoms with van der Waals surface area (Å²) < 4.78 is 6.86. The van der Waals surface area contributed by atoms with Gasteiger partial charge in [-0.3, -0.25) is 4.90 Å². The highest BCUT2D eigenvalue weighted by atomic mass is 16.5. The van der Waals surface area contributed by atoms with E-state index in [0.29, 0.717) is 12.2 Å². The molecule has 0 bridgehead atoms. The summed E-state index contributed by atoms with van der Waals surface area (Å²) in [4.78, 5) is 14.3. The number of rotatable bonds is 5.